The zero-order valence-corrected chi connectivity index (χ0v) is 13.4. The van der Waals surface area contributed by atoms with Gasteiger partial charge < -0.3 is 19.5 Å². The van der Waals surface area contributed by atoms with Crippen LogP contribution in [-0.2, 0) is 4.74 Å². The van der Waals surface area contributed by atoms with E-state index in [1.807, 2.05) is 19.2 Å². The van der Waals surface area contributed by atoms with E-state index in [9.17, 15) is 0 Å². The summed E-state index contributed by atoms with van der Waals surface area (Å²) in [5.74, 6) is 1.72. The highest BCUT2D eigenvalue weighted by Gasteiger charge is 2.34. The number of rotatable bonds is 6. The fourth-order valence-corrected chi connectivity index (χ4v) is 2.98. The smallest absolute Gasteiger partial charge is 0.124 e. The Kier molecular flexibility index (Phi) is 5.85. The lowest BCUT2D eigenvalue weighted by molar-refractivity contribution is -0.0692. The Morgan fingerprint density at radius 2 is 2.14 bits per heavy atom. The molecule has 0 radical (unpaired) electrons. The third kappa shape index (κ3) is 3.48. The van der Waals surface area contributed by atoms with Crippen LogP contribution in [0.5, 0.6) is 11.5 Å². The SMILES string of the molecule is CCN1CCOC(CNC)C1c1cc(OC)ccc1OC. The van der Waals surface area contributed by atoms with Gasteiger partial charge in [-0.3, -0.25) is 4.90 Å². The van der Waals surface area contributed by atoms with E-state index >= 15 is 0 Å². The molecule has 118 valence electrons. The monoisotopic (exact) mass is 294 g/mol. The molecule has 1 saturated heterocycles. The van der Waals surface area contributed by atoms with Gasteiger partial charge in [-0.1, -0.05) is 6.92 Å². The molecular formula is C16H26N2O3. The van der Waals surface area contributed by atoms with Crippen molar-refractivity contribution in [3.05, 3.63) is 23.8 Å². The van der Waals surface area contributed by atoms with Gasteiger partial charge in [0.05, 0.1) is 33.0 Å². The van der Waals surface area contributed by atoms with Gasteiger partial charge in [0.1, 0.15) is 11.5 Å². The Morgan fingerprint density at radius 1 is 1.33 bits per heavy atom. The van der Waals surface area contributed by atoms with Crippen molar-refractivity contribution in [1.29, 1.82) is 0 Å². The molecule has 1 aliphatic rings. The summed E-state index contributed by atoms with van der Waals surface area (Å²) in [6.45, 7) is 5.67. The molecule has 5 nitrogen and oxygen atoms in total. The minimum absolute atomic E-state index is 0.102. The van der Waals surface area contributed by atoms with E-state index < -0.39 is 0 Å². The van der Waals surface area contributed by atoms with Crippen molar-refractivity contribution in [1.82, 2.24) is 10.2 Å². The van der Waals surface area contributed by atoms with E-state index in [1.165, 1.54) is 0 Å². The zero-order chi connectivity index (χ0) is 15.2. The molecule has 2 rings (SSSR count). The lowest BCUT2D eigenvalue weighted by Gasteiger charge is -2.41. The Hall–Kier alpha value is -1.30. The molecule has 2 unspecified atom stereocenters. The summed E-state index contributed by atoms with van der Waals surface area (Å²) in [7, 11) is 5.35. The largest absolute Gasteiger partial charge is 0.497 e. The van der Waals surface area contributed by atoms with E-state index in [4.69, 9.17) is 14.2 Å². The second kappa shape index (κ2) is 7.64. The molecule has 5 heteroatoms. The molecule has 0 spiro atoms. The van der Waals surface area contributed by atoms with Gasteiger partial charge in [0.15, 0.2) is 0 Å². The quantitative estimate of drug-likeness (QED) is 0.865. The molecule has 0 amide bonds. The summed E-state index contributed by atoms with van der Waals surface area (Å²) in [5, 5.41) is 3.22. The fourth-order valence-electron chi connectivity index (χ4n) is 2.98. The summed E-state index contributed by atoms with van der Waals surface area (Å²) in [6, 6.07) is 6.12. The lowest BCUT2D eigenvalue weighted by Crippen LogP contribution is -2.48. The van der Waals surface area contributed by atoms with Crippen LogP contribution in [0, 0.1) is 0 Å². The fraction of sp³-hybridized carbons (Fsp3) is 0.625. The van der Waals surface area contributed by atoms with E-state index in [0.717, 1.165) is 43.3 Å². The number of methoxy groups -OCH3 is 2. The highest BCUT2D eigenvalue weighted by Crippen LogP contribution is 2.37. The van der Waals surface area contributed by atoms with Crippen molar-refractivity contribution in [3.63, 3.8) is 0 Å². The van der Waals surface area contributed by atoms with Crippen molar-refractivity contribution in [2.75, 3.05) is 47.5 Å². The molecule has 21 heavy (non-hydrogen) atoms. The molecule has 2 atom stereocenters. The van der Waals surface area contributed by atoms with Gasteiger partial charge in [-0.2, -0.15) is 0 Å². The lowest BCUT2D eigenvalue weighted by atomic mass is 9.96. The number of ether oxygens (including phenoxy) is 3. The highest BCUT2D eigenvalue weighted by molar-refractivity contribution is 5.43. The van der Waals surface area contributed by atoms with Crippen LogP contribution in [0.4, 0.5) is 0 Å². The molecule has 0 aromatic heterocycles. The number of nitrogens with one attached hydrogen (secondary N) is 1. The standard InChI is InChI=1S/C16H26N2O3/c1-5-18-8-9-21-15(11-17-2)16(18)13-10-12(19-3)6-7-14(13)20-4/h6-7,10,15-17H,5,8-9,11H2,1-4H3. The predicted octanol–water partition coefficient (Wildman–Crippen LogP) is 1.68. The predicted molar refractivity (Wildman–Crippen MR) is 83.2 cm³/mol. The van der Waals surface area contributed by atoms with Crippen molar-refractivity contribution in [2.24, 2.45) is 0 Å². The molecule has 1 fully saturated rings. The Labute approximate surface area is 127 Å². The molecule has 1 aliphatic heterocycles. The molecular weight excluding hydrogens is 268 g/mol. The number of likely N-dealkylation sites (N-methyl/N-ethyl adjacent to an activating group) is 2. The van der Waals surface area contributed by atoms with Crippen molar-refractivity contribution in [3.8, 4) is 11.5 Å². The second-order valence-corrected chi connectivity index (χ2v) is 5.15. The van der Waals surface area contributed by atoms with Crippen molar-refractivity contribution < 1.29 is 14.2 Å². The van der Waals surface area contributed by atoms with Crippen LogP contribution in [0.2, 0.25) is 0 Å². The van der Waals surface area contributed by atoms with Gasteiger partial charge in [-0.15, -0.1) is 0 Å². The third-order valence-corrected chi connectivity index (χ3v) is 4.02. The molecule has 1 aromatic carbocycles. The molecule has 0 saturated carbocycles. The molecule has 1 heterocycles. The van der Waals surface area contributed by atoms with Crippen molar-refractivity contribution >= 4 is 0 Å². The third-order valence-electron chi connectivity index (χ3n) is 4.02. The average Bonchev–Trinajstić information content (AvgIpc) is 2.54. The molecule has 1 N–H and O–H groups in total. The van der Waals surface area contributed by atoms with Crippen LogP contribution in [0.25, 0.3) is 0 Å². The Balaban J connectivity index is 2.41. The molecule has 1 aromatic rings. The van der Waals surface area contributed by atoms with E-state index in [0.29, 0.717) is 0 Å². The Morgan fingerprint density at radius 3 is 2.76 bits per heavy atom. The van der Waals surface area contributed by atoms with Crippen LogP contribution in [-0.4, -0.2) is 58.5 Å². The van der Waals surface area contributed by atoms with Crippen LogP contribution < -0.4 is 14.8 Å². The Bertz CT molecular complexity index is 451. The van der Waals surface area contributed by atoms with Crippen LogP contribution >= 0.6 is 0 Å². The van der Waals surface area contributed by atoms with E-state index in [-0.39, 0.29) is 12.1 Å². The summed E-state index contributed by atoms with van der Waals surface area (Å²) in [6.07, 6.45) is 0.102. The first-order valence-corrected chi connectivity index (χ1v) is 7.47. The second-order valence-electron chi connectivity index (χ2n) is 5.15. The number of hydrogen-bond acceptors (Lipinski definition) is 5. The maximum absolute atomic E-state index is 5.99. The van der Waals surface area contributed by atoms with Gasteiger partial charge in [0, 0.05) is 18.7 Å². The number of nitrogens with zero attached hydrogens (tertiary/aromatic N) is 1. The highest BCUT2D eigenvalue weighted by atomic mass is 16.5. The van der Waals surface area contributed by atoms with Gasteiger partial charge in [0.2, 0.25) is 0 Å². The van der Waals surface area contributed by atoms with Crippen molar-refractivity contribution in [2.45, 2.75) is 19.1 Å². The summed E-state index contributed by atoms with van der Waals surface area (Å²) in [4.78, 5) is 2.43. The normalized spacial score (nSPS) is 23.0. The first kappa shape index (κ1) is 16.1. The number of hydrogen-bond donors (Lipinski definition) is 1. The minimum Gasteiger partial charge on any atom is -0.497 e. The summed E-state index contributed by atoms with van der Waals surface area (Å²) >= 11 is 0. The summed E-state index contributed by atoms with van der Waals surface area (Å²) < 4.78 is 16.9. The average molecular weight is 294 g/mol. The first-order chi connectivity index (χ1) is 10.2. The van der Waals surface area contributed by atoms with Gasteiger partial charge >= 0.3 is 0 Å². The van der Waals surface area contributed by atoms with E-state index in [1.54, 1.807) is 14.2 Å². The summed E-state index contributed by atoms with van der Waals surface area (Å²) in [5.41, 5.74) is 1.12. The number of morpholine rings is 1. The first-order valence-electron chi connectivity index (χ1n) is 7.47. The van der Waals surface area contributed by atoms with Crippen LogP contribution in [0.1, 0.15) is 18.5 Å². The maximum Gasteiger partial charge on any atom is 0.124 e. The molecule has 0 bridgehead atoms. The van der Waals surface area contributed by atoms with Crippen LogP contribution in [0.3, 0.4) is 0 Å². The van der Waals surface area contributed by atoms with Crippen LogP contribution in [0.15, 0.2) is 18.2 Å². The van der Waals surface area contributed by atoms with Gasteiger partial charge in [-0.05, 0) is 31.8 Å². The zero-order valence-electron chi connectivity index (χ0n) is 13.4. The molecule has 0 aliphatic carbocycles. The maximum atomic E-state index is 5.99. The number of benzene rings is 1. The van der Waals surface area contributed by atoms with Gasteiger partial charge in [-0.25, -0.2) is 0 Å². The van der Waals surface area contributed by atoms with E-state index in [2.05, 4.69) is 23.2 Å². The topological polar surface area (TPSA) is 43.0 Å². The minimum atomic E-state index is 0.102. The van der Waals surface area contributed by atoms with Gasteiger partial charge in [0.25, 0.3) is 0 Å².